The topological polar surface area (TPSA) is 119 Å². The first-order valence-electron chi connectivity index (χ1n) is 5.36. The number of ether oxygens (including phenoxy) is 1. The zero-order valence-electron chi connectivity index (χ0n) is 10.5. The summed E-state index contributed by atoms with van der Waals surface area (Å²) in [5.41, 5.74) is -0.0121. The fraction of sp³-hybridized carbons (Fsp3) is 0.273. The van der Waals surface area contributed by atoms with Crippen LogP contribution in [0.2, 0.25) is 0 Å². The summed E-state index contributed by atoms with van der Waals surface area (Å²) >= 11 is 0.937. The quantitative estimate of drug-likeness (QED) is 0.576. The molecule has 0 aliphatic heterocycles. The number of nitro benzene ring substituents is 1. The Morgan fingerprint density at radius 3 is 2.70 bits per heavy atom. The van der Waals surface area contributed by atoms with Gasteiger partial charge in [0.15, 0.2) is 5.75 Å². The summed E-state index contributed by atoms with van der Waals surface area (Å²) < 4.78 is 4.83. The van der Waals surface area contributed by atoms with Gasteiger partial charge in [-0.1, -0.05) is 0 Å². The van der Waals surface area contributed by atoms with Crippen molar-refractivity contribution in [3.8, 4) is 5.75 Å². The maximum atomic E-state index is 11.5. The van der Waals surface area contributed by atoms with Crippen molar-refractivity contribution in [1.82, 2.24) is 0 Å². The lowest BCUT2D eigenvalue weighted by atomic mass is 10.2. The summed E-state index contributed by atoms with van der Waals surface area (Å²) in [5.74, 6) is -1.59. The van der Waals surface area contributed by atoms with E-state index in [2.05, 4.69) is 5.32 Å². The van der Waals surface area contributed by atoms with E-state index in [1.165, 1.54) is 25.3 Å². The average Bonchev–Trinajstić information content (AvgIpc) is 2.38. The number of nitrogens with one attached hydrogen (secondary N) is 1. The SMILES string of the molecule is COc1ccc(NC(=O)CSCC(=O)O)cc1[N+](=O)[O-]. The van der Waals surface area contributed by atoms with Gasteiger partial charge in [0.25, 0.3) is 0 Å². The van der Waals surface area contributed by atoms with Crippen molar-refractivity contribution < 1.29 is 24.4 Å². The fourth-order valence-corrected chi connectivity index (χ4v) is 1.87. The van der Waals surface area contributed by atoms with Crippen LogP contribution in [0.3, 0.4) is 0 Å². The van der Waals surface area contributed by atoms with Crippen LogP contribution < -0.4 is 10.1 Å². The fourth-order valence-electron chi connectivity index (χ4n) is 1.34. The van der Waals surface area contributed by atoms with Gasteiger partial charge in [-0.05, 0) is 12.1 Å². The zero-order chi connectivity index (χ0) is 15.1. The first-order chi connectivity index (χ1) is 9.43. The molecular weight excluding hydrogens is 288 g/mol. The second-order valence-electron chi connectivity index (χ2n) is 3.58. The molecular formula is C11H12N2O6S. The minimum Gasteiger partial charge on any atom is -0.490 e. The van der Waals surface area contributed by atoms with Crippen LogP contribution in [0.25, 0.3) is 0 Å². The van der Waals surface area contributed by atoms with Crippen molar-refractivity contribution in [1.29, 1.82) is 0 Å². The molecule has 0 fully saturated rings. The highest BCUT2D eigenvalue weighted by Gasteiger charge is 2.16. The molecule has 0 radical (unpaired) electrons. The number of amides is 1. The Kier molecular flexibility index (Phi) is 5.78. The number of carboxylic acids is 1. The summed E-state index contributed by atoms with van der Waals surface area (Å²) in [6.45, 7) is 0. The highest BCUT2D eigenvalue weighted by Crippen LogP contribution is 2.29. The predicted molar refractivity (Wildman–Crippen MR) is 73.2 cm³/mol. The van der Waals surface area contributed by atoms with Crippen LogP contribution in [0, 0.1) is 10.1 Å². The Labute approximate surface area is 118 Å². The predicted octanol–water partition coefficient (Wildman–Crippen LogP) is 1.36. The molecule has 1 aromatic carbocycles. The summed E-state index contributed by atoms with van der Waals surface area (Å²) in [6, 6.07) is 4.02. The molecule has 0 saturated heterocycles. The molecule has 1 rings (SSSR count). The van der Waals surface area contributed by atoms with Crippen molar-refractivity contribution >= 4 is 35.0 Å². The summed E-state index contributed by atoms with van der Waals surface area (Å²) in [4.78, 5) is 32.0. The number of benzene rings is 1. The highest BCUT2D eigenvalue weighted by molar-refractivity contribution is 8.00. The van der Waals surface area contributed by atoms with Crippen molar-refractivity contribution in [3.05, 3.63) is 28.3 Å². The van der Waals surface area contributed by atoms with Crippen molar-refractivity contribution in [2.45, 2.75) is 0 Å². The Bertz CT molecular complexity index is 534. The van der Waals surface area contributed by atoms with Crippen molar-refractivity contribution in [2.75, 3.05) is 23.9 Å². The summed E-state index contributed by atoms with van der Waals surface area (Å²) in [7, 11) is 1.31. The van der Waals surface area contributed by atoms with Crippen LogP contribution in [0.15, 0.2) is 18.2 Å². The van der Waals surface area contributed by atoms with E-state index in [4.69, 9.17) is 9.84 Å². The number of hydrogen-bond donors (Lipinski definition) is 2. The molecule has 1 aromatic rings. The zero-order valence-corrected chi connectivity index (χ0v) is 11.3. The molecule has 0 aliphatic rings. The van der Waals surface area contributed by atoms with Crippen LogP contribution >= 0.6 is 11.8 Å². The maximum absolute atomic E-state index is 11.5. The molecule has 0 aliphatic carbocycles. The van der Waals surface area contributed by atoms with Gasteiger partial charge in [-0.3, -0.25) is 19.7 Å². The molecule has 2 N–H and O–H groups in total. The molecule has 0 unspecified atom stereocenters. The molecule has 0 heterocycles. The second kappa shape index (κ2) is 7.34. The van der Waals surface area contributed by atoms with Crippen LogP contribution in [-0.2, 0) is 9.59 Å². The van der Waals surface area contributed by atoms with Crippen LogP contribution in [0.5, 0.6) is 5.75 Å². The molecule has 1 amide bonds. The number of carbonyl (C=O) groups is 2. The number of nitro groups is 1. The van der Waals surface area contributed by atoms with Gasteiger partial charge in [-0.2, -0.15) is 0 Å². The first kappa shape index (κ1) is 15.8. The van der Waals surface area contributed by atoms with Crippen LogP contribution in [0.1, 0.15) is 0 Å². The molecule has 0 bridgehead atoms. The van der Waals surface area contributed by atoms with Gasteiger partial charge in [0.05, 0.1) is 23.5 Å². The maximum Gasteiger partial charge on any atom is 0.313 e. The van der Waals surface area contributed by atoms with Gasteiger partial charge in [-0.25, -0.2) is 0 Å². The van der Waals surface area contributed by atoms with E-state index in [0.717, 1.165) is 11.8 Å². The number of anilines is 1. The molecule has 8 nitrogen and oxygen atoms in total. The van der Waals surface area contributed by atoms with E-state index in [1.807, 2.05) is 0 Å². The first-order valence-corrected chi connectivity index (χ1v) is 6.51. The number of carbonyl (C=O) groups excluding carboxylic acids is 1. The van der Waals surface area contributed by atoms with Gasteiger partial charge in [0.1, 0.15) is 0 Å². The molecule has 0 spiro atoms. The van der Waals surface area contributed by atoms with E-state index < -0.39 is 16.8 Å². The summed E-state index contributed by atoms with van der Waals surface area (Å²) in [5, 5.41) is 21.7. The number of rotatable bonds is 7. The minimum atomic E-state index is -1.01. The number of hydrogen-bond acceptors (Lipinski definition) is 6. The third kappa shape index (κ3) is 4.76. The smallest absolute Gasteiger partial charge is 0.313 e. The monoisotopic (exact) mass is 300 g/mol. The third-order valence-electron chi connectivity index (χ3n) is 2.12. The van der Waals surface area contributed by atoms with Crippen LogP contribution in [0.4, 0.5) is 11.4 Å². The van der Waals surface area contributed by atoms with Gasteiger partial charge >= 0.3 is 11.7 Å². The Morgan fingerprint density at radius 2 is 2.15 bits per heavy atom. The molecule has 20 heavy (non-hydrogen) atoms. The Hall–Kier alpha value is -2.29. The summed E-state index contributed by atoms with van der Waals surface area (Å²) in [6.07, 6.45) is 0. The normalized spacial score (nSPS) is 9.85. The van der Waals surface area contributed by atoms with Gasteiger partial charge in [0, 0.05) is 11.8 Å². The molecule has 0 atom stereocenters. The lowest BCUT2D eigenvalue weighted by Crippen LogP contribution is -2.15. The van der Waals surface area contributed by atoms with E-state index >= 15 is 0 Å². The van der Waals surface area contributed by atoms with Crippen LogP contribution in [-0.4, -0.2) is 40.5 Å². The van der Waals surface area contributed by atoms with Crippen molar-refractivity contribution in [3.63, 3.8) is 0 Å². The van der Waals surface area contributed by atoms with E-state index in [-0.39, 0.29) is 28.6 Å². The number of nitrogens with zero attached hydrogens (tertiary/aromatic N) is 1. The van der Waals surface area contributed by atoms with Crippen molar-refractivity contribution in [2.24, 2.45) is 0 Å². The van der Waals surface area contributed by atoms with Gasteiger partial charge in [-0.15, -0.1) is 11.8 Å². The van der Waals surface area contributed by atoms with E-state index in [0.29, 0.717) is 0 Å². The third-order valence-corrected chi connectivity index (χ3v) is 3.04. The highest BCUT2D eigenvalue weighted by atomic mass is 32.2. The molecule has 9 heteroatoms. The van der Waals surface area contributed by atoms with E-state index in [9.17, 15) is 19.7 Å². The number of thioether (sulfide) groups is 1. The minimum absolute atomic E-state index is 0.0495. The second-order valence-corrected chi connectivity index (χ2v) is 4.56. The van der Waals surface area contributed by atoms with E-state index in [1.54, 1.807) is 0 Å². The Morgan fingerprint density at radius 1 is 1.45 bits per heavy atom. The van der Waals surface area contributed by atoms with Gasteiger partial charge in [0.2, 0.25) is 5.91 Å². The Balaban J connectivity index is 2.68. The molecule has 0 saturated carbocycles. The number of aliphatic carboxylic acids is 1. The number of carboxylic acid groups (broad SMARTS) is 1. The van der Waals surface area contributed by atoms with Gasteiger partial charge < -0.3 is 15.2 Å². The lowest BCUT2D eigenvalue weighted by Gasteiger charge is -2.06. The molecule has 0 aromatic heterocycles. The molecule has 108 valence electrons. The lowest BCUT2D eigenvalue weighted by molar-refractivity contribution is -0.385. The number of methoxy groups -OCH3 is 1. The standard InChI is InChI=1S/C11H12N2O6S/c1-19-9-3-2-7(4-8(9)13(17)18)12-10(14)5-20-6-11(15)16/h2-4H,5-6H2,1H3,(H,12,14)(H,15,16). The average molecular weight is 300 g/mol. The largest absolute Gasteiger partial charge is 0.490 e.